The van der Waals surface area contributed by atoms with Crippen LogP contribution in [0.2, 0.25) is 0 Å². The van der Waals surface area contributed by atoms with Crippen molar-refractivity contribution in [3.8, 4) is 0 Å². The van der Waals surface area contributed by atoms with E-state index in [9.17, 15) is 19.5 Å². The molecule has 7 aromatic rings. The third-order valence-electron chi connectivity index (χ3n) is 10.9. The van der Waals surface area contributed by atoms with Gasteiger partial charge in [0.05, 0.1) is 12.1 Å². The normalized spacial score (nSPS) is 17.2. The smallest absolute Gasteiger partial charge is 0.262 e. The van der Waals surface area contributed by atoms with Crippen molar-refractivity contribution >= 4 is 92.7 Å². The minimum atomic E-state index is -1.18. The standard InChI is InChI=1S/C42H30Br2N2O4/c1-19-5-9-23(10-6-19)21(3)45-39(47)27-15-13-25-36-32(44)18-30-34-28(40(48)46(42(30)50)22(4)24-11-7-20(2)8-12-24)16-14-26(38(34)36)35-31(43)17-29(41(45)49)33(27)37(25)35/h5-18,21-22,41,49H,1-4H3. The second-order valence-electron chi connectivity index (χ2n) is 13.7. The number of imide groups is 1. The fourth-order valence-electron chi connectivity index (χ4n) is 8.26. The summed E-state index contributed by atoms with van der Waals surface area (Å²) >= 11 is 7.69. The predicted octanol–water partition coefficient (Wildman–Crippen LogP) is 10.4. The molecule has 8 heteroatoms. The summed E-state index contributed by atoms with van der Waals surface area (Å²) in [4.78, 5) is 45.7. The summed E-state index contributed by atoms with van der Waals surface area (Å²) in [6.07, 6.45) is -1.18. The van der Waals surface area contributed by atoms with Crippen LogP contribution in [0, 0.1) is 13.8 Å². The maximum absolute atomic E-state index is 14.3. The number of carbonyl (C=O) groups is 3. The van der Waals surface area contributed by atoms with Crippen LogP contribution < -0.4 is 0 Å². The third kappa shape index (κ3) is 4.13. The molecule has 0 saturated carbocycles. The summed E-state index contributed by atoms with van der Waals surface area (Å²) in [6, 6.07) is 26.4. The van der Waals surface area contributed by atoms with Crippen LogP contribution in [0.5, 0.6) is 0 Å². The van der Waals surface area contributed by atoms with Crippen molar-refractivity contribution in [2.24, 2.45) is 0 Å². The second kappa shape index (κ2) is 10.9. The van der Waals surface area contributed by atoms with Gasteiger partial charge in [0.15, 0.2) is 6.23 Å². The van der Waals surface area contributed by atoms with E-state index in [1.807, 2.05) is 113 Å². The van der Waals surface area contributed by atoms with Crippen LogP contribution in [0.3, 0.4) is 0 Å². The Balaban J connectivity index is 1.28. The van der Waals surface area contributed by atoms with E-state index in [-0.39, 0.29) is 23.8 Å². The zero-order chi connectivity index (χ0) is 34.9. The molecule has 0 radical (unpaired) electrons. The van der Waals surface area contributed by atoms with Crippen LogP contribution in [0.25, 0.3) is 43.1 Å². The van der Waals surface area contributed by atoms with E-state index in [0.717, 1.165) is 59.0 Å². The van der Waals surface area contributed by atoms with Gasteiger partial charge in [0.25, 0.3) is 17.7 Å². The lowest BCUT2D eigenvalue weighted by Gasteiger charge is -2.39. The van der Waals surface area contributed by atoms with Gasteiger partial charge in [0, 0.05) is 58.1 Å². The monoisotopic (exact) mass is 784 g/mol. The molecule has 7 aromatic carbocycles. The molecule has 50 heavy (non-hydrogen) atoms. The molecule has 0 bridgehead atoms. The fourth-order valence-corrected chi connectivity index (χ4v) is 9.56. The Kier molecular flexibility index (Phi) is 6.86. The molecule has 1 N–H and O–H groups in total. The van der Waals surface area contributed by atoms with Crippen molar-refractivity contribution in [3.05, 3.63) is 138 Å². The Labute approximate surface area is 304 Å². The van der Waals surface area contributed by atoms with Gasteiger partial charge >= 0.3 is 0 Å². The van der Waals surface area contributed by atoms with Gasteiger partial charge in [0.2, 0.25) is 0 Å². The van der Waals surface area contributed by atoms with Crippen molar-refractivity contribution in [2.75, 3.05) is 0 Å². The van der Waals surface area contributed by atoms with Crippen LogP contribution in [0.1, 0.15) is 91.1 Å². The number of carbonyl (C=O) groups excluding carboxylic acids is 3. The van der Waals surface area contributed by atoms with Crippen molar-refractivity contribution in [3.63, 3.8) is 0 Å². The average molecular weight is 787 g/mol. The molecule has 0 aromatic heterocycles. The molecule has 9 rings (SSSR count). The molecule has 0 fully saturated rings. The maximum atomic E-state index is 14.3. The van der Waals surface area contributed by atoms with E-state index >= 15 is 0 Å². The average Bonchev–Trinajstić information content (AvgIpc) is 3.10. The van der Waals surface area contributed by atoms with Gasteiger partial charge in [-0.3, -0.25) is 19.3 Å². The van der Waals surface area contributed by atoms with E-state index in [1.54, 1.807) is 4.90 Å². The summed E-state index contributed by atoms with van der Waals surface area (Å²) in [6.45, 7) is 7.85. The Hall–Kier alpha value is -4.63. The first-order valence-corrected chi connectivity index (χ1v) is 18.2. The lowest BCUT2D eigenvalue weighted by molar-refractivity contribution is -0.0130. The van der Waals surface area contributed by atoms with Crippen LogP contribution in [-0.4, -0.2) is 32.6 Å². The van der Waals surface area contributed by atoms with Crippen molar-refractivity contribution in [1.29, 1.82) is 0 Å². The number of aliphatic hydroxyl groups excluding tert-OH is 1. The van der Waals surface area contributed by atoms with E-state index < -0.39 is 12.3 Å². The summed E-state index contributed by atoms with van der Waals surface area (Å²) in [5, 5.41) is 18.3. The molecule has 2 aliphatic heterocycles. The molecule has 0 saturated heterocycles. The molecule has 0 aliphatic carbocycles. The van der Waals surface area contributed by atoms with Crippen molar-refractivity contribution in [2.45, 2.75) is 46.0 Å². The Morgan fingerprint density at radius 2 is 1.04 bits per heavy atom. The molecule has 0 spiro atoms. The first kappa shape index (κ1) is 31.4. The van der Waals surface area contributed by atoms with Crippen molar-refractivity contribution in [1.82, 2.24) is 9.80 Å². The van der Waals surface area contributed by atoms with Gasteiger partial charge in [-0.25, -0.2) is 0 Å². The van der Waals surface area contributed by atoms with Crippen LogP contribution in [0.15, 0.2) is 93.9 Å². The summed E-state index contributed by atoms with van der Waals surface area (Å²) in [5.74, 6) is -0.916. The number of aryl methyl sites for hydroxylation is 2. The highest BCUT2D eigenvalue weighted by Gasteiger charge is 2.40. The topological polar surface area (TPSA) is 77.9 Å². The van der Waals surface area contributed by atoms with Gasteiger partial charge in [-0.15, -0.1) is 0 Å². The highest BCUT2D eigenvalue weighted by atomic mass is 79.9. The second-order valence-corrected chi connectivity index (χ2v) is 15.4. The predicted molar refractivity (Wildman–Crippen MR) is 204 cm³/mol. The fraction of sp³-hybridized carbons (Fsp3) is 0.167. The first-order chi connectivity index (χ1) is 24.0. The Bertz CT molecular complexity index is 2650. The van der Waals surface area contributed by atoms with E-state index in [0.29, 0.717) is 37.5 Å². The summed E-state index contributed by atoms with van der Waals surface area (Å²) < 4.78 is 1.46. The van der Waals surface area contributed by atoms with E-state index in [2.05, 4.69) is 31.9 Å². The Morgan fingerprint density at radius 1 is 0.560 bits per heavy atom. The quantitative estimate of drug-likeness (QED) is 0.110. The molecule has 3 amide bonds. The largest absolute Gasteiger partial charge is 0.369 e. The number of aliphatic hydroxyl groups is 1. The molecule has 246 valence electrons. The Morgan fingerprint density at radius 3 is 1.62 bits per heavy atom. The van der Waals surface area contributed by atoms with Crippen LogP contribution in [-0.2, 0) is 0 Å². The van der Waals surface area contributed by atoms with E-state index in [1.165, 1.54) is 4.90 Å². The minimum absolute atomic E-state index is 0.244. The highest BCUT2D eigenvalue weighted by Crippen LogP contribution is 2.52. The number of benzene rings is 7. The number of hydrogen-bond donors (Lipinski definition) is 1. The molecular formula is C42H30Br2N2O4. The summed E-state index contributed by atoms with van der Waals surface area (Å²) in [5.41, 5.74) is 6.14. The number of nitrogens with zero attached hydrogens (tertiary/aromatic N) is 2. The lowest BCUT2D eigenvalue weighted by atomic mass is 9.81. The number of halogens is 2. The number of hydrogen-bond acceptors (Lipinski definition) is 4. The number of amides is 3. The molecule has 3 unspecified atom stereocenters. The molecule has 2 heterocycles. The maximum Gasteiger partial charge on any atom is 0.262 e. The third-order valence-corrected chi connectivity index (χ3v) is 12.1. The zero-order valence-electron chi connectivity index (χ0n) is 27.6. The SMILES string of the molecule is Cc1ccc(C(C)N2C(=O)c3ccc4c5c(Br)cc6c7c(ccc(c8c(Br)cc(c3c48)C2=O)c75)C(=O)N(C(C)c2ccc(C)cc2)C6O)cc1. The van der Waals surface area contributed by atoms with Crippen molar-refractivity contribution < 1.29 is 19.5 Å². The van der Waals surface area contributed by atoms with Crippen LogP contribution in [0.4, 0.5) is 0 Å². The van der Waals surface area contributed by atoms with Gasteiger partial charge < -0.3 is 10.0 Å². The highest BCUT2D eigenvalue weighted by molar-refractivity contribution is 9.11. The van der Waals surface area contributed by atoms with Crippen LogP contribution >= 0.6 is 31.9 Å². The lowest BCUT2D eigenvalue weighted by Crippen LogP contribution is -2.42. The van der Waals surface area contributed by atoms with Gasteiger partial charge in [-0.2, -0.15) is 0 Å². The number of fused-ring (bicyclic) bond motifs is 2. The first-order valence-electron chi connectivity index (χ1n) is 16.6. The zero-order valence-corrected chi connectivity index (χ0v) is 30.8. The van der Waals surface area contributed by atoms with Gasteiger partial charge in [0.1, 0.15) is 0 Å². The minimum Gasteiger partial charge on any atom is -0.369 e. The summed E-state index contributed by atoms with van der Waals surface area (Å²) in [7, 11) is 0. The molecular weight excluding hydrogens is 756 g/mol. The molecule has 2 aliphatic rings. The molecule has 3 atom stereocenters. The number of rotatable bonds is 4. The molecule has 6 nitrogen and oxygen atoms in total. The van der Waals surface area contributed by atoms with Gasteiger partial charge in [-0.1, -0.05) is 104 Å². The van der Waals surface area contributed by atoms with Gasteiger partial charge in [-0.05, 0) is 79.2 Å². The van der Waals surface area contributed by atoms with E-state index in [4.69, 9.17) is 0 Å².